The average Bonchev–Trinajstić information content (AvgIpc) is 2.75. The van der Waals surface area contributed by atoms with E-state index in [1.807, 2.05) is 6.92 Å². The zero-order chi connectivity index (χ0) is 14.8. The summed E-state index contributed by atoms with van der Waals surface area (Å²) in [6.07, 6.45) is -4.40. The maximum absolute atomic E-state index is 12.6. The molecule has 0 spiro atoms. The van der Waals surface area contributed by atoms with E-state index >= 15 is 0 Å². The lowest BCUT2D eigenvalue weighted by Crippen LogP contribution is -2.09. The molecule has 20 heavy (non-hydrogen) atoms. The van der Waals surface area contributed by atoms with Crippen LogP contribution < -0.4 is 0 Å². The third kappa shape index (κ3) is 2.94. The van der Waals surface area contributed by atoms with Crippen molar-refractivity contribution in [3.63, 3.8) is 0 Å². The van der Waals surface area contributed by atoms with Gasteiger partial charge in [-0.15, -0.1) is 0 Å². The van der Waals surface area contributed by atoms with Crippen LogP contribution in [0.15, 0.2) is 18.2 Å². The molecule has 0 fully saturated rings. The summed E-state index contributed by atoms with van der Waals surface area (Å²) in [6.45, 7) is 2.93. The quantitative estimate of drug-likeness (QED) is 0.860. The molecule has 0 aliphatic carbocycles. The van der Waals surface area contributed by atoms with Crippen LogP contribution in [-0.2, 0) is 24.1 Å². The Bertz CT molecular complexity index is 593. The Labute approximate surface area is 113 Å². The summed E-state index contributed by atoms with van der Waals surface area (Å²) in [5, 5.41) is 9.26. The van der Waals surface area contributed by atoms with Crippen molar-refractivity contribution in [2.24, 2.45) is 0 Å². The van der Waals surface area contributed by atoms with Gasteiger partial charge in [0.25, 0.3) is 0 Å². The first-order valence-corrected chi connectivity index (χ1v) is 6.22. The van der Waals surface area contributed by atoms with Crippen molar-refractivity contribution in [2.45, 2.75) is 26.3 Å². The molecular weight excluding hydrogens is 273 g/mol. The Hall–Kier alpha value is -1.60. The van der Waals surface area contributed by atoms with E-state index in [-0.39, 0.29) is 12.1 Å². The SMILES string of the molecule is CCOCCn1c(CO)nc2cc(C(F)(F)F)ccc21. The Morgan fingerprint density at radius 2 is 2.10 bits per heavy atom. The zero-order valence-electron chi connectivity index (χ0n) is 10.9. The lowest BCUT2D eigenvalue weighted by molar-refractivity contribution is -0.137. The highest BCUT2D eigenvalue weighted by molar-refractivity contribution is 5.77. The fourth-order valence-electron chi connectivity index (χ4n) is 2.03. The van der Waals surface area contributed by atoms with E-state index in [1.165, 1.54) is 6.07 Å². The number of imidazole rings is 1. The molecule has 4 nitrogen and oxygen atoms in total. The standard InChI is InChI=1S/C13H15F3N2O2/c1-2-20-6-5-18-11-4-3-9(13(14,15)16)7-10(11)17-12(18)8-19/h3-4,7,19H,2,5-6,8H2,1H3. The van der Waals surface area contributed by atoms with Gasteiger partial charge in [0.05, 0.1) is 23.2 Å². The minimum Gasteiger partial charge on any atom is -0.388 e. The summed E-state index contributed by atoms with van der Waals surface area (Å²) < 4.78 is 44.8. The third-order valence-corrected chi connectivity index (χ3v) is 2.96. The number of ether oxygens (including phenoxy) is 1. The summed E-state index contributed by atoms with van der Waals surface area (Å²) in [6, 6.07) is 3.38. The van der Waals surface area contributed by atoms with Crippen molar-refractivity contribution in [1.29, 1.82) is 0 Å². The molecule has 2 rings (SSSR count). The molecule has 0 radical (unpaired) electrons. The normalized spacial score (nSPS) is 12.2. The van der Waals surface area contributed by atoms with Crippen LogP contribution in [0, 0.1) is 0 Å². The zero-order valence-corrected chi connectivity index (χ0v) is 10.9. The van der Waals surface area contributed by atoms with Crippen LogP contribution in [0.5, 0.6) is 0 Å². The molecule has 1 heterocycles. The first-order valence-electron chi connectivity index (χ1n) is 6.22. The summed E-state index contributed by atoms with van der Waals surface area (Å²) in [5.74, 6) is 0.332. The lowest BCUT2D eigenvalue weighted by Gasteiger charge is -2.09. The summed E-state index contributed by atoms with van der Waals surface area (Å²) in [7, 11) is 0. The van der Waals surface area contributed by atoms with Crippen LogP contribution in [0.2, 0.25) is 0 Å². The van der Waals surface area contributed by atoms with E-state index in [9.17, 15) is 18.3 Å². The Morgan fingerprint density at radius 1 is 1.35 bits per heavy atom. The predicted molar refractivity (Wildman–Crippen MR) is 67.2 cm³/mol. The highest BCUT2D eigenvalue weighted by atomic mass is 19.4. The van der Waals surface area contributed by atoms with Crippen molar-refractivity contribution in [1.82, 2.24) is 9.55 Å². The van der Waals surface area contributed by atoms with Gasteiger partial charge in [-0.05, 0) is 25.1 Å². The van der Waals surface area contributed by atoms with Gasteiger partial charge in [-0.1, -0.05) is 0 Å². The second kappa shape index (κ2) is 5.80. The molecule has 0 aliphatic rings. The van der Waals surface area contributed by atoms with Gasteiger partial charge in [0.2, 0.25) is 0 Å². The van der Waals surface area contributed by atoms with Gasteiger partial charge in [0, 0.05) is 13.2 Å². The van der Waals surface area contributed by atoms with Gasteiger partial charge < -0.3 is 14.4 Å². The number of benzene rings is 1. The van der Waals surface area contributed by atoms with Crippen molar-refractivity contribution in [3.8, 4) is 0 Å². The maximum atomic E-state index is 12.6. The molecular formula is C13H15F3N2O2. The monoisotopic (exact) mass is 288 g/mol. The molecule has 0 unspecified atom stereocenters. The number of rotatable bonds is 5. The van der Waals surface area contributed by atoms with Gasteiger partial charge >= 0.3 is 6.18 Å². The van der Waals surface area contributed by atoms with Crippen molar-refractivity contribution < 1.29 is 23.0 Å². The van der Waals surface area contributed by atoms with Crippen LogP contribution in [-0.4, -0.2) is 27.9 Å². The molecule has 1 aromatic carbocycles. The number of halogens is 3. The van der Waals surface area contributed by atoms with Gasteiger partial charge in [0.15, 0.2) is 0 Å². The van der Waals surface area contributed by atoms with Crippen LogP contribution >= 0.6 is 0 Å². The Balaban J connectivity index is 2.41. The molecule has 0 saturated carbocycles. The fourth-order valence-corrected chi connectivity index (χ4v) is 2.03. The number of aliphatic hydroxyl groups is 1. The third-order valence-electron chi connectivity index (χ3n) is 2.96. The molecule has 0 bridgehead atoms. The van der Waals surface area contributed by atoms with E-state index in [0.29, 0.717) is 31.1 Å². The van der Waals surface area contributed by atoms with E-state index in [4.69, 9.17) is 4.74 Å². The molecule has 0 aliphatic heterocycles. The predicted octanol–water partition coefficient (Wildman–Crippen LogP) is 2.58. The van der Waals surface area contributed by atoms with Crippen LogP contribution in [0.3, 0.4) is 0 Å². The Morgan fingerprint density at radius 3 is 2.70 bits per heavy atom. The van der Waals surface area contributed by atoms with E-state index in [0.717, 1.165) is 12.1 Å². The van der Waals surface area contributed by atoms with Crippen molar-refractivity contribution in [2.75, 3.05) is 13.2 Å². The van der Waals surface area contributed by atoms with Crippen LogP contribution in [0.1, 0.15) is 18.3 Å². The number of aromatic nitrogens is 2. The highest BCUT2D eigenvalue weighted by Gasteiger charge is 2.31. The van der Waals surface area contributed by atoms with Gasteiger partial charge in [-0.2, -0.15) is 13.2 Å². The van der Waals surface area contributed by atoms with Crippen molar-refractivity contribution >= 4 is 11.0 Å². The summed E-state index contributed by atoms with van der Waals surface area (Å²) in [5.41, 5.74) is 0.0334. The highest BCUT2D eigenvalue weighted by Crippen LogP contribution is 2.31. The number of alkyl halides is 3. The number of hydrogen-bond donors (Lipinski definition) is 1. The number of fused-ring (bicyclic) bond motifs is 1. The van der Waals surface area contributed by atoms with Crippen LogP contribution in [0.4, 0.5) is 13.2 Å². The van der Waals surface area contributed by atoms with Crippen LogP contribution in [0.25, 0.3) is 11.0 Å². The topological polar surface area (TPSA) is 47.3 Å². The van der Waals surface area contributed by atoms with Gasteiger partial charge in [-0.25, -0.2) is 4.98 Å². The second-order valence-electron chi connectivity index (χ2n) is 4.24. The molecule has 110 valence electrons. The summed E-state index contributed by atoms with van der Waals surface area (Å²) >= 11 is 0. The minimum atomic E-state index is -4.40. The first-order chi connectivity index (χ1) is 9.47. The molecule has 2 aromatic rings. The van der Waals surface area contributed by atoms with E-state index in [2.05, 4.69) is 4.98 Å². The molecule has 0 amide bonds. The van der Waals surface area contributed by atoms with E-state index in [1.54, 1.807) is 4.57 Å². The lowest BCUT2D eigenvalue weighted by atomic mass is 10.2. The fraction of sp³-hybridized carbons (Fsp3) is 0.462. The molecule has 1 N–H and O–H groups in total. The smallest absolute Gasteiger partial charge is 0.388 e. The second-order valence-corrected chi connectivity index (χ2v) is 4.24. The minimum absolute atomic E-state index is 0.223. The largest absolute Gasteiger partial charge is 0.416 e. The van der Waals surface area contributed by atoms with Crippen molar-refractivity contribution in [3.05, 3.63) is 29.6 Å². The summed E-state index contributed by atoms with van der Waals surface area (Å²) in [4.78, 5) is 4.04. The molecule has 0 atom stereocenters. The Kier molecular flexibility index (Phi) is 4.29. The average molecular weight is 288 g/mol. The number of aliphatic hydroxyl groups excluding tert-OH is 1. The first kappa shape index (κ1) is 14.8. The molecule has 0 saturated heterocycles. The van der Waals surface area contributed by atoms with E-state index < -0.39 is 11.7 Å². The molecule has 7 heteroatoms. The maximum Gasteiger partial charge on any atom is 0.416 e. The number of hydrogen-bond acceptors (Lipinski definition) is 3. The van der Waals surface area contributed by atoms with Gasteiger partial charge in [0.1, 0.15) is 12.4 Å². The van der Waals surface area contributed by atoms with Gasteiger partial charge in [-0.3, -0.25) is 0 Å². The number of nitrogens with zero attached hydrogens (tertiary/aromatic N) is 2. The molecule has 1 aromatic heterocycles.